The summed E-state index contributed by atoms with van der Waals surface area (Å²) in [6.07, 6.45) is 2.83. The molecule has 5 rings (SSSR count). The Balaban J connectivity index is 1.32. The Morgan fingerprint density at radius 3 is 2.51 bits per heavy atom. The van der Waals surface area contributed by atoms with Crippen LogP contribution in [0.3, 0.4) is 0 Å². The number of carbonyl (C=O) groups excluding carboxylic acids is 1. The van der Waals surface area contributed by atoms with Crippen LogP contribution in [0, 0.1) is 0 Å². The quantitative estimate of drug-likeness (QED) is 0.333. The van der Waals surface area contributed by atoms with Crippen molar-refractivity contribution in [1.82, 2.24) is 4.90 Å². The molecule has 2 aliphatic heterocycles. The molecule has 190 valence electrons. The fourth-order valence-electron chi connectivity index (χ4n) is 3.91. The zero-order valence-electron chi connectivity index (χ0n) is 21.0. The lowest BCUT2D eigenvalue weighted by Crippen LogP contribution is -2.23. The van der Waals surface area contributed by atoms with Gasteiger partial charge < -0.3 is 18.9 Å². The Kier molecular flexibility index (Phi) is 7.37. The summed E-state index contributed by atoms with van der Waals surface area (Å²) in [6, 6.07) is 19.5. The molecule has 0 aliphatic carbocycles. The average molecular weight is 517 g/mol. The summed E-state index contributed by atoms with van der Waals surface area (Å²) in [4.78, 5) is 19.8. The molecule has 0 atom stereocenters. The van der Waals surface area contributed by atoms with E-state index < -0.39 is 0 Å². The summed E-state index contributed by atoms with van der Waals surface area (Å²) < 4.78 is 22.7. The minimum Gasteiger partial charge on any atom is -0.490 e. The molecule has 1 saturated heterocycles. The zero-order chi connectivity index (χ0) is 25.8. The highest BCUT2D eigenvalue weighted by atomic mass is 32.2. The molecule has 3 aromatic rings. The summed E-state index contributed by atoms with van der Waals surface area (Å²) in [5, 5.41) is 0.647. The number of aliphatic imine (C=N–C) groups is 1. The van der Waals surface area contributed by atoms with Crippen LogP contribution in [-0.2, 0) is 17.8 Å². The fraction of sp³-hybridized carbons (Fsp3) is 0.241. The highest BCUT2D eigenvalue weighted by Crippen LogP contribution is 2.36. The van der Waals surface area contributed by atoms with Crippen molar-refractivity contribution < 1.29 is 23.7 Å². The van der Waals surface area contributed by atoms with E-state index >= 15 is 0 Å². The van der Waals surface area contributed by atoms with Crippen molar-refractivity contribution in [3.05, 3.63) is 82.3 Å². The highest BCUT2D eigenvalue weighted by molar-refractivity contribution is 8.18. The molecule has 0 bridgehead atoms. The van der Waals surface area contributed by atoms with E-state index in [-0.39, 0.29) is 12.7 Å². The third-order valence-corrected chi connectivity index (χ3v) is 7.03. The van der Waals surface area contributed by atoms with E-state index in [1.54, 1.807) is 11.9 Å². The van der Waals surface area contributed by atoms with Gasteiger partial charge in [0, 0.05) is 7.05 Å². The lowest BCUT2D eigenvalue weighted by molar-refractivity contribution is -0.121. The molecule has 1 fully saturated rings. The van der Waals surface area contributed by atoms with Gasteiger partial charge in [0.05, 0.1) is 17.2 Å². The molecule has 2 heterocycles. The van der Waals surface area contributed by atoms with Crippen molar-refractivity contribution in [3.8, 4) is 23.0 Å². The number of thioether (sulfide) groups is 1. The van der Waals surface area contributed by atoms with Crippen LogP contribution in [0.5, 0.6) is 23.0 Å². The predicted octanol–water partition coefficient (Wildman–Crippen LogP) is 6.19. The molecule has 0 unspecified atom stereocenters. The van der Waals surface area contributed by atoms with Crippen molar-refractivity contribution in [2.75, 3.05) is 20.4 Å². The first-order valence-corrected chi connectivity index (χ1v) is 13.0. The predicted molar refractivity (Wildman–Crippen MR) is 146 cm³/mol. The molecule has 2 aliphatic rings. The highest BCUT2D eigenvalue weighted by Gasteiger charge is 2.30. The van der Waals surface area contributed by atoms with E-state index in [0.29, 0.717) is 34.8 Å². The minimum absolute atomic E-state index is 0.0879. The van der Waals surface area contributed by atoms with E-state index in [0.717, 1.165) is 34.7 Å². The molecular formula is C29H28N2O5S. The maximum Gasteiger partial charge on any atom is 0.266 e. The minimum atomic E-state index is -0.0879. The largest absolute Gasteiger partial charge is 0.490 e. The van der Waals surface area contributed by atoms with Crippen molar-refractivity contribution in [2.45, 2.75) is 26.9 Å². The number of hydrogen-bond acceptors (Lipinski definition) is 7. The van der Waals surface area contributed by atoms with Crippen LogP contribution in [0.1, 0.15) is 30.5 Å². The summed E-state index contributed by atoms with van der Waals surface area (Å²) in [5.41, 5.74) is 3.88. The van der Waals surface area contributed by atoms with Crippen LogP contribution >= 0.6 is 11.8 Å². The number of carbonyl (C=O) groups is 1. The fourth-order valence-corrected chi connectivity index (χ4v) is 4.90. The number of likely N-dealkylation sites (N-methyl/N-ethyl adjacent to an activating group) is 1. The number of benzene rings is 3. The maximum atomic E-state index is 12.9. The van der Waals surface area contributed by atoms with Gasteiger partial charge in [-0.3, -0.25) is 9.69 Å². The second-order valence-electron chi connectivity index (χ2n) is 8.50. The first-order chi connectivity index (χ1) is 18.0. The standard InChI is InChI=1S/C29H28N2O5S/c1-4-19-6-10-22(11-7-19)30-29-31(3)28(32)27(37-29)16-20-8-12-23(25(14-20)33-5-2)34-17-21-9-13-24-26(15-21)36-18-35-24/h6-16H,4-5,17-18H2,1-3H3/b27-16+,30-29?. The monoisotopic (exact) mass is 516 g/mol. The van der Waals surface area contributed by atoms with Crippen LogP contribution in [-0.4, -0.2) is 36.4 Å². The van der Waals surface area contributed by atoms with E-state index in [2.05, 4.69) is 24.0 Å². The molecule has 0 spiro atoms. The number of rotatable bonds is 8. The van der Waals surface area contributed by atoms with Crippen LogP contribution in [0.25, 0.3) is 6.08 Å². The number of amides is 1. The van der Waals surface area contributed by atoms with Crippen molar-refractivity contribution in [2.24, 2.45) is 4.99 Å². The molecule has 3 aromatic carbocycles. The smallest absolute Gasteiger partial charge is 0.266 e. The Bertz CT molecular complexity index is 1370. The van der Waals surface area contributed by atoms with Crippen LogP contribution in [0.4, 0.5) is 5.69 Å². The average Bonchev–Trinajstić information content (AvgIpc) is 3.49. The zero-order valence-corrected chi connectivity index (χ0v) is 21.8. The molecule has 1 amide bonds. The van der Waals surface area contributed by atoms with Gasteiger partial charge in [-0.1, -0.05) is 31.2 Å². The van der Waals surface area contributed by atoms with Gasteiger partial charge in [-0.2, -0.15) is 0 Å². The Hall–Kier alpha value is -3.91. The molecule has 0 saturated carbocycles. The Morgan fingerprint density at radius 2 is 1.73 bits per heavy atom. The van der Waals surface area contributed by atoms with Crippen LogP contribution in [0.2, 0.25) is 0 Å². The van der Waals surface area contributed by atoms with E-state index in [4.69, 9.17) is 18.9 Å². The topological polar surface area (TPSA) is 69.6 Å². The van der Waals surface area contributed by atoms with Crippen molar-refractivity contribution in [3.63, 3.8) is 0 Å². The molecule has 0 radical (unpaired) electrons. The Labute approximate surface area is 220 Å². The van der Waals surface area contributed by atoms with E-state index in [9.17, 15) is 4.79 Å². The molecular weight excluding hydrogens is 488 g/mol. The molecule has 0 aromatic heterocycles. The number of hydrogen-bond donors (Lipinski definition) is 0. The molecule has 8 heteroatoms. The van der Waals surface area contributed by atoms with Gasteiger partial charge in [0.2, 0.25) is 6.79 Å². The molecule has 7 nitrogen and oxygen atoms in total. The van der Waals surface area contributed by atoms with Crippen molar-refractivity contribution in [1.29, 1.82) is 0 Å². The van der Waals surface area contributed by atoms with Crippen LogP contribution in [0.15, 0.2) is 70.6 Å². The number of nitrogens with zero attached hydrogens (tertiary/aromatic N) is 2. The van der Waals surface area contributed by atoms with Gasteiger partial charge in [-0.05, 0) is 84.3 Å². The van der Waals surface area contributed by atoms with Crippen molar-refractivity contribution >= 4 is 34.6 Å². The third-order valence-electron chi connectivity index (χ3n) is 5.97. The summed E-state index contributed by atoms with van der Waals surface area (Å²) in [5.74, 6) is 2.62. The normalized spacial score (nSPS) is 16.6. The molecule has 0 N–H and O–H groups in total. The number of aryl methyl sites for hydroxylation is 1. The van der Waals surface area contributed by atoms with Gasteiger partial charge >= 0.3 is 0 Å². The summed E-state index contributed by atoms with van der Waals surface area (Å²) >= 11 is 1.36. The van der Waals surface area contributed by atoms with Crippen LogP contribution < -0.4 is 18.9 Å². The Morgan fingerprint density at radius 1 is 0.946 bits per heavy atom. The summed E-state index contributed by atoms with van der Waals surface area (Å²) in [7, 11) is 1.74. The van der Waals surface area contributed by atoms with Gasteiger partial charge in [0.1, 0.15) is 6.61 Å². The first-order valence-electron chi connectivity index (χ1n) is 12.2. The second-order valence-corrected chi connectivity index (χ2v) is 9.51. The number of ether oxygens (including phenoxy) is 4. The third kappa shape index (κ3) is 5.59. The summed E-state index contributed by atoms with van der Waals surface area (Å²) in [6.45, 7) is 5.13. The van der Waals surface area contributed by atoms with Gasteiger partial charge in [0.15, 0.2) is 28.2 Å². The second kappa shape index (κ2) is 11.0. The van der Waals surface area contributed by atoms with E-state index in [1.165, 1.54) is 17.3 Å². The van der Waals surface area contributed by atoms with Gasteiger partial charge in [-0.15, -0.1) is 0 Å². The lowest BCUT2D eigenvalue weighted by atomic mass is 10.1. The first kappa shape index (κ1) is 24.8. The maximum absolute atomic E-state index is 12.9. The number of amidine groups is 1. The lowest BCUT2D eigenvalue weighted by Gasteiger charge is -2.13. The number of fused-ring (bicyclic) bond motifs is 1. The van der Waals surface area contributed by atoms with Gasteiger partial charge in [-0.25, -0.2) is 4.99 Å². The SMILES string of the molecule is CCOc1cc(/C=C2/SC(=Nc3ccc(CC)cc3)N(C)C2=O)ccc1OCc1ccc2c(c1)OCO2. The van der Waals surface area contributed by atoms with Gasteiger partial charge in [0.25, 0.3) is 5.91 Å². The molecule has 37 heavy (non-hydrogen) atoms. The van der Waals surface area contributed by atoms with E-state index in [1.807, 2.05) is 61.5 Å².